The summed E-state index contributed by atoms with van der Waals surface area (Å²) in [5.41, 5.74) is 4.91. The van der Waals surface area contributed by atoms with E-state index in [0.717, 1.165) is 74.2 Å². The second-order valence-corrected chi connectivity index (χ2v) is 13.9. The van der Waals surface area contributed by atoms with Crippen molar-refractivity contribution in [2.45, 2.75) is 157 Å². The monoisotopic (exact) mass is 573 g/mol. The highest BCUT2D eigenvalue weighted by Crippen LogP contribution is 2.45. The molecule has 1 aromatic carbocycles. The molecule has 0 fully saturated rings. The van der Waals surface area contributed by atoms with E-state index in [1.54, 1.807) is 0 Å². The summed E-state index contributed by atoms with van der Waals surface area (Å²) in [4.78, 5) is 10.5. The maximum Gasteiger partial charge on any atom is 0.404 e. The highest BCUT2D eigenvalue weighted by Gasteiger charge is 2.34. The smallest absolute Gasteiger partial charge is 0.404 e. The zero-order chi connectivity index (χ0) is 30.4. The standard InChI is InChI=1S/C36H63NO4/c1-26(2)16-13-17-27(3)18-14-19-28(4)20-15-22-36(8)23-21-32-31(7)33(29(5)30(6)34(32)41-36)40-25-12-10-9-11-24-37-35(38)39/h26-28,37H,9-25H2,1-8H3,(H,38,39)/t27-,28-,36?/m1/s1. The van der Waals surface area contributed by atoms with Crippen molar-refractivity contribution in [2.24, 2.45) is 17.8 Å². The molecular formula is C36H63NO4. The molecule has 0 radical (unpaired) electrons. The molecule has 2 rings (SSSR count). The fraction of sp³-hybridized carbons (Fsp3) is 0.806. The van der Waals surface area contributed by atoms with Crippen LogP contribution in [0, 0.1) is 38.5 Å². The number of benzene rings is 1. The van der Waals surface area contributed by atoms with E-state index in [9.17, 15) is 4.79 Å². The van der Waals surface area contributed by atoms with E-state index < -0.39 is 6.09 Å². The van der Waals surface area contributed by atoms with Crippen LogP contribution in [0.5, 0.6) is 11.5 Å². The third-order valence-electron chi connectivity index (χ3n) is 9.43. The first-order valence-corrected chi connectivity index (χ1v) is 16.8. The first-order valence-electron chi connectivity index (χ1n) is 16.8. The lowest BCUT2D eigenvalue weighted by Crippen LogP contribution is -2.37. The molecule has 0 spiro atoms. The van der Waals surface area contributed by atoms with Gasteiger partial charge >= 0.3 is 6.09 Å². The summed E-state index contributed by atoms with van der Waals surface area (Å²) in [6.45, 7) is 19.6. The fourth-order valence-corrected chi connectivity index (χ4v) is 6.43. The number of hydrogen-bond donors (Lipinski definition) is 2. The van der Waals surface area contributed by atoms with Gasteiger partial charge in [-0.05, 0) is 101 Å². The van der Waals surface area contributed by atoms with Gasteiger partial charge in [0.05, 0.1) is 6.61 Å². The average molecular weight is 574 g/mol. The molecule has 41 heavy (non-hydrogen) atoms. The van der Waals surface area contributed by atoms with Crippen LogP contribution < -0.4 is 14.8 Å². The molecule has 0 saturated carbocycles. The lowest BCUT2D eigenvalue weighted by molar-refractivity contribution is 0.0511. The molecule has 2 N–H and O–H groups in total. The van der Waals surface area contributed by atoms with Crippen molar-refractivity contribution in [3.8, 4) is 11.5 Å². The number of rotatable bonds is 20. The number of fused-ring (bicyclic) bond motifs is 1. The molecule has 5 nitrogen and oxygen atoms in total. The maximum absolute atomic E-state index is 10.5. The Kier molecular flexibility index (Phi) is 15.4. The molecule has 1 aromatic rings. The topological polar surface area (TPSA) is 67.8 Å². The van der Waals surface area contributed by atoms with Crippen molar-refractivity contribution in [1.29, 1.82) is 0 Å². The van der Waals surface area contributed by atoms with Crippen molar-refractivity contribution in [3.63, 3.8) is 0 Å². The first kappa shape index (κ1) is 35.3. The van der Waals surface area contributed by atoms with Gasteiger partial charge < -0.3 is 19.9 Å². The third-order valence-corrected chi connectivity index (χ3v) is 9.43. The molecule has 1 amide bonds. The second kappa shape index (κ2) is 17.9. The van der Waals surface area contributed by atoms with Crippen molar-refractivity contribution in [2.75, 3.05) is 13.2 Å². The van der Waals surface area contributed by atoms with Gasteiger partial charge in [0.25, 0.3) is 0 Å². The van der Waals surface area contributed by atoms with Crippen molar-refractivity contribution in [1.82, 2.24) is 5.32 Å². The Morgan fingerprint density at radius 3 is 2.10 bits per heavy atom. The van der Waals surface area contributed by atoms with Crippen LogP contribution in [-0.2, 0) is 6.42 Å². The van der Waals surface area contributed by atoms with Gasteiger partial charge in [-0.15, -0.1) is 0 Å². The summed E-state index contributed by atoms with van der Waals surface area (Å²) in [5, 5.41) is 11.1. The number of hydrogen-bond acceptors (Lipinski definition) is 3. The average Bonchev–Trinajstić information content (AvgIpc) is 2.90. The summed E-state index contributed by atoms with van der Waals surface area (Å²) >= 11 is 0. The summed E-state index contributed by atoms with van der Waals surface area (Å²) < 4.78 is 13.1. The predicted molar refractivity (Wildman–Crippen MR) is 173 cm³/mol. The van der Waals surface area contributed by atoms with Gasteiger partial charge in [0.2, 0.25) is 0 Å². The predicted octanol–water partition coefficient (Wildman–Crippen LogP) is 10.3. The van der Waals surface area contributed by atoms with Crippen molar-refractivity contribution < 1.29 is 19.4 Å². The van der Waals surface area contributed by atoms with Crippen molar-refractivity contribution in [3.05, 3.63) is 22.3 Å². The van der Waals surface area contributed by atoms with Crippen LogP contribution in [0.2, 0.25) is 0 Å². The minimum atomic E-state index is -0.945. The van der Waals surface area contributed by atoms with Gasteiger partial charge in [0.1, 0.15) is 17.1 Å². The molecule has 0 bridgehead atoms. The van der Waals surface area contributed by atoms with E-state index >= 15 is 0 Å². The maximum atomic E-state index is 10.5. The van der Waals surface area contributed by atoms with Crippen LogP contribution in [0.1, 0.15) is 147 Å². The molecule has 0 aromatic heterocycles. The Morgan fingerprint density at radius 2 is 1.46 bits per heavy atom. The van der Waals surface area contributed by atoms with Crippen LogP contribution in [0.4, 0.5) is 4.79 Å². The number of amides is 1. The highest BCUT2D eigenvalue weighted by molar-refractivity contribution is 5.64. The van der Waals surface area contributed by atoms with E-state index in [1.807, 2.05) is 0 Å². The van der Waals surface area contributed by atoms with E-state index in [1.165, 1.54) is 73.6 Å². The van der Waals surface area contributed by atoms with Crippen LogP contribution in [0.25, 0.3) is 0 Å². The summed E-state index contributed by atoms with van der Waals surface area (Å²) in [7, 11) is 0. The van der Waals surface area contributed by atoms with Crippen LogP contribution >= 0.6 is 0 Å². The molecule has 0 saturated heterocycles. The number of nitrogens with one attached hydrogen (secondary N) is 1. The SMILES string of the molecule is Cc1c(C)c2c(c(C)c1OCCCCCCNC(=O)O)CCC(C)(CCC[C@H](C)CCC[C@H](C)CCCC(C)C)O2. The minimum Gasteiger partial charge on any atom is -0.493 e. The van der Waals surface area contributed by atoms with Crippen LogP contribution in [0.3, 0.4) is 0 Å². The number of carbonyl (C=O) groups is 1. The van der Waals surface area contributed by atoms with Gasteiger partial charge in [-0.3, -0.25) is 0 Å². The lowest BCUT2D eigenvalue weighted by Gasteiger charge is -2.38. The van der Waals surface area contributed by atoms with Crippen LogP contribution in [0.15, 0.2) is 0 Å². The summed E-state index contributed by atoms with van der Waals surface area (Å²) in [6, 6.07) is 0. The zero-order valence-electron chi connectivity index (χ0n) is 27.9. The first-order chi connectivity index (χ1) is 19.4. The number of ether oxygens (including phenoxy) is 2. The summed E-state index contributed by atoms with van der Waals surface area (Å²) in [6.07, 6.45) is 17.0. The Morgan fingerprint density at radius 1 is 0.854 bits per heavy atom. The molecule has 236 valence electrons. The van der Waals surface area contributed by atoms with Crippen molar-refractivity contribution >= 4 is 6.09 Å². The number of carboxylic acid groups (broad SMARTS) is 1. The highest BCUT2D eigenvalue weighted by atomic mass is 16.5. The molecule has 0 aliphatic carbocycles. The Balaban J connectivity index is 1.77. The second-order valence-electron chi connectivity index (χ2n) is 13.9. The van der Waals surface area contributed by atoms with E-state index in [0.29, 0.717) is 13.2 Å². The molecule has 1 aliphatic rings. The van der Waals surface area contributed by atoms with Gasteiger partial charge in [0.15, 0.2) is 0 Å². The van der Waals surface area contributed by atoms with E-state index in [2.05, 4.69) is 60.7 Å². The third kappa shape index (κ3) is 12.5. The molecule has 3 atom stereocenters. The summed E-state index contributed by atoms with van der Waals surface area (Å²) in [5.74, 6) is 4.64. The normalized spacial score (nSPS) is 18.1. The largest absolute Gasteiger partial charge is 0.493 e. The van der Waals surface area contributed by atoms with Crippen LogP contribution in [-0.4, -0.2) is 30.0 Å². The molecule has 1 unspecified atom stereocenters. The molecule has 1 aliphatic heterocycles. The Bertz CT molecular complexity index is 927. The van der Waals surface area contributed by atoms with Gasteiger partial charge in [-0.25, -0.2) is 4.79 Å². The molecule has 5 heteroatoms. The molecule has 1 heterocycles. The zero-order valence-corrected chi connectivity index (χ0v) is 27.9. The Labute approximate surface area is 252 Å². The van der Waals surface area contributed by atoms with E-state index in [-0.39, 0.29) is 5.60 Å². The minimum absolute atomic E-state index is 0.0842. The quantitative estimate of drug-likeness (QED) is 0.152. The van der Waals surface area contributed by atoms with Gasteiger partial charge in [-0.2, -0.15) is 0 Å². The molecular weight excluding hydrogens is 510 g/mol. The number of unbranched alkanes of at least 4 members (excludes halogenated alkanes) is 3. The fourth-order valence-electron chi connectivity index (χ4n) is 6.43. The van der Waals surface area contributed by atoms with Gasteiger partial charge in [0, 0.05) is 12.1 Å². The van der Waals surface area contributed by atoms with E-state index in [4.69, 9.17) is 14.6 Å². The van der Waals surface area contributed by atoms with Gasteiger partial charge in [-0.1, -0.05) is 85.5 Å². The lowest BCUT2D eigenvalue weighted by atomic mass is 9.83. The Hall–Kier alpha value is -1.91.